The SMILES string of the molecule is CC(=O)Nc1cccc2c1CCCC2NC/C=C/c1ccccc1.Cl. The van der Waals surface area contributed by atoms with Gasteiger partial charge in [-0.25, -0.2) is 0 Å². The molecule has 3 nitrogen and oxygen atoms in total. The first kappa shape index (κ1) is 19.2. The van der Waals surface area contributed by atoms with Crippen molar-refractivity contribution in [1.82, 2.24) is 5.32 Å². The van der Waals surface area contributed by atoms with Crippen LogP contribution in [0.5, 0.6) is 0 Å². The van der Waals surface area contributed by atoms with Gasteiger partial charge in [-0.3, -0.25) is 4.79 Å². The van der Waals surface area contributed by atoms with Crippen molar-refractivity contribution in [2.45, 2.75) is 32.2 Å². The summed E-state index contributed by atoms with van der Waals surface area (Å²) in [6.45, 7) is 2.40. The van der Waals surface area contributed by atoms with Crippen molar-refractivity contribution in [2.75, 3.05) is 11.9 Å². The number of hydrogen-bond donors (Lipinski definition) is 2. The van der Waals surface area contributed by atoms with E-state index in [1.54, 1.807) is 6.92 Å². The Labute approximate surface area is 155 Å². The minimum absolute atomic E-state index is 0. The fourth-order valence-corrected chi connectivity index (χ4v) is 3.34. The Morgan fingerprint density at radius 1 is 1.16 bits per heavy atom. The van der Waals surface area contributed by atoms with E-state index < -0.39 is 0 Å². The number of hydrogen-bond acceptors (Lipinski definition) is 2. The van der Waals surface area contributed by atoms with Crippen LogP contribution in [0.1, 0.15) is 42.5 Å². The van der Waals surface area contributed by atoms with Crippen LogP contribution < -0.4 is 10.6 Å². The average Bonchev–Trinajstić information content (AvgIpc) is 2.60. The van der Waals surface area contributed by atoms with Crippen LogP contribution in [-0.4, -0.2) is 12.5 Å². The van der Waals surface area contributed by atoms with Gasteiger partial charge in [0.25, 0.3) is 0 Å². The van der Waals surface area contributed by atoms with E-state index >= 15 is 0 Å². The minimum Gasteiger partial charge on any atom is -0.326 e. The Morgan fingerprint density at radius 3 is 2.72 bits per heavy atom. The highest BCUT2D eigenvalue weighted by atomic mass is 35.5. The summed E-state index contributed by atoms with van der Waals surface area (Å²) in [7, 11) is 0. The van der Waals surface area contributed by atoms with Crippen molar-refractivity contribution < 1.29 is 4.79 Å². The summed E-state index contributed by atoms with van der Waals surface area (Å²) >= 11 is 0. The number of fused-ring (bicyclic) bond motifs is 1. The van der Waals surface area contributed by atoms with Crippen molar-refractivity contribution in [3.8, 4) is 0 Å². The first-order chi connectivity index (χ1) is 11.7. The molecule has 4 heteroatoms. The third kappa shape index (κ3) is 5.18. The molecule has 3 rings (SSSR count). The number of anilines is 1. The molecular formula is C21H25ClN2O. The van der Waals surface area contributed by atoms with Crippen LogP contribution in [0.3, 0.4) is 0 Å². The summed E-state index contributed by atoms with van der Waals surface area (Å²) in [4.78, 5) is 11.4. The standard InChI is InChI=1S/C21H24N2O.ClH/c1-16(24)23-21-14-6-11-18-19(21)12-5-13-20(18)22-15-7-10-17-8-3-2-4-9-17;/h2-4,6-11,14,20,22H,5,12-13,15H2,1H3,(H,23,24);1H/b10-7+;. The molecule has 2 aromatic carbocycles. The Hall–Kier alpha value is -2.10. The summed E-state index contributed by atoms with van der Waals surface area (Å²) in [5, 5.41) is 6.59. The molecule has 2 aromatic rings. The molecule has 1 unspecified atom stereocenters. The molecular weight excluding hydrogens is 332 g/mol. The first-order valence-corrected chi connectivity index (χ1v) is 8.58. The van der Waals surface area contributed by atoms with Gasteiger partial charge in [0.15, 0.2) is 0 Å². The van der Waals surface area contributed by atoms with Gasteiger partial charge in [-0.05, 0) is 42.0 Å². The Morgan fingerprint density at radius 2 is 1.96 bits per heavy atom. The van der Waals surface area contributed by atoms with E-state index in [1.807, 2.05) is 30.3 Å². The average molecular weight is 357 g/mol. The molecule has 0 fully saturated rings. The van der Waals surface area contributed by atoms with Crippen molar-refractivity contribution in [1.29, 1.82) is 0 Å². The van der Waals surface area contributed by atoms with E-state index in [-0.39, 0.29) is 18.3 Å². The van der Waals surface area contributed by atoms with Gasteiger partial charge in [-0.15, -0.1) is 12.4 Å². The lowest BCUT2D eigenvalue weighted by atomic mass is 9.86. The molecule has 1 amide bonds. The fraction of sp³-hybridized carbons (Fsp3) is 0.286. The van der Waals surface area contributed by atoms with Crippen LogP contribution in [0.2, 0.25) is 0 Å². The molecule has 0 spiro atoms. The lowest BCUT2D eigenvalue weighted by Gasteiger charge is -2.28. The monoisotopic (exact) mass is 356 g/mol. The van der Waals surface area contributed by atoms with Gasteiger partial charge in [0, 0.05) is 25.2 Å². The maximum absolute atomic E-state index is 11.4. The molecule has 25 heavy (non-hydrogen) atoms. The van der Waals surface area contributed by atoms with E-state index in [1.165, 1.54) is 16.7 Å². The first-order valence-electron chi connectivity index (χ1n) is 8.58. The molecule has 1 aliphatic carbocycles. The molecule has 0 saturated carbocycles. The van der Waals surface area contributed by atoms with Gasteiger partial charge < -0.3 is 10.6 Å². The van der Waals surface area contributed by atoms with Gasteiger partial charge in [0.05, 0.1) is 0 Å². The topological polar surface area (TPSA) is 41.1 Å². The zero-order valence-corrected chi connectivity index (χ0v) is 15.3. The predicted molar refractivity (Wildman–Crippen MR) is 107 cm³/mol. The highest BCUT2D eigenvalue weighted by Gasteiger charge is 2.21. The van der Waals surface area contributed by atoms with E-state index in [4.69, 9.17) is 0 Å². The molecule has 0 heterocycles. The fourth-order valence-electron chi connectivity index (χ4n) is 3.34. The molecule has 0 saturated heterocycles. The summed E-state index contributed by atoms with van der Waals surface area (Å²) in [5.74, 6) is -0.00993. The van der Waals surface area contributed by atoms with Gasteiger partial charge in [0.1, 0.15) is 0 Å². The highest BCUT2D eigenvalue weighted by Crippen LogP contribution is 2.34. The molecule has 0 radical (unpaired) electrons. The summed E-state index contributed by atoms with van der Waals surface area (Å²) in [6, 6.07) is 16.9. The van der Waals surface area contributed by atoms with E-state index in [9.17, 15) is 4.79 Å². The van der Waals surface area contributed by atoms with Gasteiger partial charge in [-0.2, -0.15) is 0 Å². The third-order valence-corrected chi connectivity index (χ3v) is 4.41. The maximum Gasteiger partial charge on any atom is 0.221 e. The van der Waals surface area contributed by atoms with Crippen molar-refractivity contribution in [3.05, 3.63) is 71.3 Å². The zero-order chi connectivity index (χ0) is 16.8. The predicted octanol–water partition coefficient (Wildman–Crippen LogP) is 4.75. The van der Waals surface area contributed by atoms with E-state index in [0.717, 1.165) is 31.5 Å². The van der Waals surface area contributed by atoms with Crippen LogP contribution in [-0.2, 0) is 11.2 Å². The number of rotatable bonds is 5. The van der Waals surface area contributed by atoms with Crippen LogP contribution >= 0.6 is 12.4 Å². The van der Waals surface area contributed by atoms with Crippen LogP contribution in [0.25, 0.3) is 6.08 Å². The third-order valence-electron chi connectivity index (χ3n) is 4.41. The number of amides is 1. The second-order valence-electron chi connectivity index (χ2n) is 6.22. The quantitative estimate of drug-likeness (QED) is 0.811. The molecule has 1 atom stereocenters. The van der Waals surface area contributed by atoms with Crippen LogP contribution in [0, 0.1) is 0 Å². The second kappa shape index (κ2) is 9.40. The Bertz CT molecular complexity index is 728. The molecule has 0 bridgehead atoms. The number of nitrogens with one attached hydrogen (secondary N) is 2. The number of carbonyl (C=O) groups is 1. The second-order valence-corrected chi connectivity index (χ2v) is 6.22. The molecule has 0 aromatic heterocycles. The molecule has 132 valence electrons. The van der Waals surface area contributed by atoms with Crippen molar-refractivity contribution >= 4 is 30.1 Å². The van der Waals surface area contributed by atoms with Crippen molar-refractivity contribution in [2.24, 2.45) is 0 Å². The normalized spacial score (nSPS) is 16.1. The van der Waals surface area contributed by atoms with Gasteiger partial charge >= 0.3 is 0 Å². The number of carbonyl (C=O) groups excluding carboxylic acids is 1. The van der Waals surface area contributed by atoms with Crippen LogP contribution in [0.15, 0.2) is 54.6 Å². The lowest BCUT2D eigenvalue weighted by Crippen LogP contribution is -2.26. The van der Waals surface area contributed by atoms with Crippen molar-refractivity contribution in [3.63, 3.8) is 0 Å². The van der Waals surface area contributed by atoms with Gasteiger partial charge in [-0.1, -0.05) is 54.6 Å². The lowest BCUT2D eigenvalue weighted by molar-refractivity contribution is -0.114. The zero-order valence-electron chi connectivity index (χ0n) is 14.5. The smallest absolute Gasteiger partial charge is 0.221 e. The van der Waals surface area contributed by atoms with Gasteiger partial charge in [0.2, 0.25) is 5.91 Å². The summed E-state index contributed by atoms with van der Waals surface area (Å²) in [5.41, 5.74) is 4.78. The maximum atomic E-state index is 11.4. The van der Waals surface area contributed by atoms with Crippen LogP contribution in [0.4, 0.5) is 5.69 Å². The molecule has 2 N–H and O–H groups in total. The molecule has 0 aliphatic heterocycles. The number of benzene rings is 2. The highest BCUT2D eigenvalue weighted by molar-refractivity contribution is 5.89. The Kier molecular flexibility index (Phi) is 7.23. The number of halogens is 1. The minimum atomic E-state index is -0.00993. The van der Waals surface area contributed by atoms with E-state index in [0.29, 0.717) is 6.04 Å². The summed E-state index contributed by atoms with van der Waals surface area (Å²) in [6.07, 6.45) is 7.62. The summed E-state index contributed by atoms with van der Waals surface area (Å²) < 4.78 is 0. The Balaban J connectivity index is 0.00000225. The largest absolute Gasteiger partial charge is 0.326 e. The molecule has 1 aliphatic rings. The van der Waals surface area contributed by atoms with E-state index in [2.05, 4.69) is 41.0 Å².